The number of nitrogen functional groups attached to an aromatic ring is 1. The Balaban J connectivity index is 0.00000151. The van der Waals surface area contributed by atoms with E-state index in [9.17, 15) is 0 Å². The molecule has 0 aliphatic heterocycles. The van der Waals surface area contributed by atoms with E-state index in [1.54, 1.807) is 7.11 Å². The Morgan fingerprint density at radius 1 is 1.00 bits per heavy atom. The van der Waals surface area contributed by atoms with Gasteiger partial charge in [0.1, 0.15) is 12.0 Å². The van der Waals surface area contributed by atoms with Gasteiger partial charge in [-0.2, -0.15) is 0 Å². The highest BCUT2D eigenvalue weighted by molar-refractivity contribution is 5.75. The standard InChI is InChI=1S/C17H24N4O2.C2H6/c1-11(20-12(2)23-19)13-8-9-15(14(18)10-13)21-16-6-4-5-7-17(16)22-3;1-2/h4-12,20-21H,18-19H2,1-3H3;1-2H3. The number of ether oxygens (including phenoxy) is 1. The first kappa shape index (κ1) is 20.8. The largest absolute Gasteiger partial charge is 0.495 e. The quantitative estimate of drug-likeness (QED) is 0.345. The Bertz CT molecular complexity index is 649. The van der Waals surface area contributed by atoms with Crippen molar-refractivity contribution in [3.8, 4) is 5.75 Å². The maximum atomic E-state index is 6.17. The summed E-state index contributed by atoms with van der Waals surface area (Å²) < 4.78 is 5.34. The number of benzene rings is 2. The van der Waals surface area contributed by atoms with E-state index in [2.05, 4.69) is 10.6 Å². The van der Waals surface area contributed by atoms with Crippen LogP contribution in [0.4, 0.5) is 17.1 Å². The van der Waals surface area contributed by atoms with E-state index in [1.165, 1.54) is 0 Å². The third-order valence-corrected chi connectivity index (χ3v) is 3.64. The number of hydrogen-bond donors (Lipinski definition) is 4. The molecular weight excluding hydrogens is 316 g/mol. The molecule has 0 heterocycles. The van der Waals surface area contributed by atoms with E-state index >= 15 is 0 Å². The lowest BCUT2D eigenvalue weighted by molar-refractivity contribution is 0.0351. The predicted molar refractivity (Wildman–Crippen MR) is 105 cm³/mol. The molecule has 0 bridgehead atoms. The van der Waals surface area contributed by atoms with Gasteiger partial charge >= 0.3 is 0 Å². The van der Waals surface area contributed by atoms with Gasteiger partial charge in [0.2, 0.25) is 0 Å². The highest BCUT2D eigenvalue weighted by Gasteiger charge is 2.11. The van der Waals surface area contributed by atoms with Gasteiger partial charge in [-0.1, -0.05) is 32.0 Å². The highest BCUT2D eigenvalue weighted by atomic mass is 16.6. The molecule has 0 aliphatic carbocycles. The maximum Gasteiger partial charge on any atom is 0.142 e. The molecule has 2 atom stereocenters. The zero-order valence-corrected chi connectivity index (χ0v) is 15.7. The van der Waals surface area contributed by atoms with Gasteiger partial charge in [0.05, 0.1) is 24.2 Å². The van der Waals surface area contributed by atoms with E-state index in [-0.39, 0.29) is 12.3 Å². The number of para-hydroxylation sites is 2. The number of nitrogens with two attached hydrogens (primary N) is 2. The van der Waals surface area contributed by atoms with Crippen molar-refractivity contribution in [1.82, 2.24) is 5.32 Å². The summed E-state index contributed by atoms with van der Waals surface area (Å²) in [6, 6.07) is 13.6. The number of rotatable bonds is 7. The fourth-order valence-electron chi connectivity index (χ4n) is 2.34. The van der Waals surface area contributed by atoms with Crippen molar-refractivity contribution in [2.75, 3.05) is 18.2 Å². The van der Waals surface area contributed by atoms with Crippen LogP contribution in [0.15, 0.2) is 42.5 Å². The lowest BCUT2D eigenvalue weighted by atomic mass is 10.1. The smallest absolute Gasteiger partial charge is 0.142 e. The molecule has 25 heavy (non-hydrogen) atoms. The Morgan fingerprint density at radius 3 is 2.28 bits per heavy atom. The number of hydrogen-bond acceptors (Lipinski definition) is 6. The molecule has 138 valence electrons. The monoisotopic (exact) mass is 346 g/mol. The fourth-order valence-corrected chi connectivity index (χ4v) is 2.34. The van der Waals surface area contributed by atoms with Crippen molar-refractivity contribution in [3.63, 3.8) is 0 Å². The molecule has 0 saturated heterocycles. The second-order valence-electron chi connectivity index (χ2n) is 5.34. The first-order chi connectivity index (χ1) is 12.0. The van der Waals surface area contributed by atoms with Crippen LogP contribution in [0.3, 0.4) is 0 Å². The third kappa shape index (κ3) is 5.94. The summed E-state index contributed by atoms with van der Waals surface area (Å²) in [4.78, 5) is 4.73. The van der Waals surface area contributed by atoms with Crippen LogP contribution in [-0.4, -0.2) is 13.3 Å². The van der Waals surface area contributed by atoms with Gasteiger partial charge in [0, 0.05) is 6.04 Å². The van der Waals surface area contributed by atoms with Crippen molar-refractivity contribution in [2.45, 2.75) is 40.0 Å². The maximum absolute atomic E-state index is 6.17. The van der Waals surface area contributed by atoms with Gasteiger partial charge in [-0.3, -0.25) is 10.2 Å². The second-order valence-corrected chi connectivity index (χ2v) is 5.34. The lowest BCUT2D eigenvalue weighted by Crippen LogP contribution is -2.33. The molecule has 0 aliphatic rings. The first-order valence-electron chi connectivity index (χ1n) is 8.46. The van der Waals surface area contributed by atoms with Crippen LogP contribution in [0.25, 0.3) is 0 Å². The van der Waals surface area contributed by atoms with E-state index in [4.69, 9.17) is 21.2 Å². The Kier molecular flexibility index (Phi) is 8.77. The van der Waals surface area contributed by atoms with Gasteiger partial charge in [0.25, 0.3) is 0 Å². The Labute approximate surface area is 150 Å². The summed E-state index contributed by atoms with van der Waals surface area (Å²) in [5, 5.41) is 6.51. The summed E-state index contributed by atoms with van der Waals surface area (Å²) in [5.41, 5.74) is 9.58. The topological polar surface area (TPSA) is 94.6 Å². The molecule has 0 spiro atoms. The van der Waals surface area contributed by atoms with Crippen LogP contribution in [-0.2, 0) is 4.84 Å². The van der Waals surface area contributed by atoms with Gasteiger partial charge in [-0.05, 0) is 43.7 Å². The van der Waals surface area contributed by atoms with Gasteiger partial charge < -0.3 is 15.8 Å². The second kappa shape index (κ2) is 10.6. The van der Waals surface area contributed by atoms with Crippen molar-refractivity contribution < 1.29 is 9.57 Å². The van der Waals surface area contributed by atoms with Crippen LogP contribution in [0, 0.1) is 0 Å². The summed E-state index contributed by atoms with van der Waals surface area (Å²) in [7, 11) is 1.64. The van der Waals surface area contributed by atoms with E-state index in [0.29, 0.717) is 5.69 Å². The summed E-state index contributed by atoms with van der Waals surface area (Å²) >= 11 is 0. The van der Waals surface area contributed by atoms with Gasteiger partial charge in [-0.15, -0.1) is 0 Å². The Hall–Kier alpha value is -2.28. The van der Waals surface area contributed by atoms with Gasteiger partial charge in [-0.25, -0.2) is 5.90 Å². The van der Waals surface area contributed by atoms with Gasteiger partial charge in [0.15, 0.2) is 0 Å². The number of nitrogens with one attached hydrogen (secondary N) is 2. The highest BCUT2D eigenvalue weighted by Crippen LogP contribution is 2.31. The molecule has 0 amide bonds. The predicted octanol–water partition coefficient (Wildman–Crippen LogP) is 3.93. The van der Waals surface area contributed by atoms with E-state index in [0.717, 1.165) is 22.7 Å². The molecule has 6 N–H and O–H groups in total. The van der Waals surface area contributed by atoms with Crippen LogP contribution in [0.2, 0.25) is 0 Å². The summed E-state index contributed by atoms with van der Waals surface area (Å²) in [6.07, 6.45) is -0.238. The molecule has 2 rings (SSSR count). The Morgan fingerprint density at radius 2 is 1.68 bits per heavy atom. The van der Waals surface area contributed by atoms with Crippen LogP contribution >= 0.6 is 0 Å². The minimum absolute atomic E-state index is 0.0659. The zero-order valence-electron chi connectivity index (χ0n) is 15.7. The van der Waals surface area contributed by atoms with Crippen molar-refractivity contribution in [1.29, 1.82) is 0 Å². The minimum Gasteiger partial charge on any atom is -0.495 e. The molecule has 0 aromatic heterocycles. The molecule has 2 aromatic carbocycles. The lowest BCUT2D eigenvalue weighted by Gasteiger charge is -2.20. The third-order valence-electron chi connectivity index (χ3n) is 3.64. The van der Waals surface area contributed by atoms with Crippen LogP contribution < -0.4 is 27.0 Å². The van der Waals surface area contributed by atoms with Crippen LogP contribution in [0.5, 0.6) is 5.75 Å². The normalized spacial score (nSPS) is 12.6. The molecule has 6 nitrogen and oxygen atoms in total. The SMILES string of the molecule is CC.COc1ccccc1Nc1ccc(C(C)NC(C)ON)cc1N. The van der Waals surface area contributed by atoms with Crippen LogP contribution in [0.1, 0.15) is 39.3 Å². The summed E-state index contributed by atoms with van der Waals surface area (Å²) in [6.45, 7) is 7.87. The van der Waals surface area contributed by atoms with Crippen molar-refractivity contribution in [2.24, 2.45) is 5.90 Å². The fraction of sp³-hybridized carbons (Fsp3) is 0.368. The molecule has 0 radical (unpaired) electrons. The van der Waals surface area contributed by atoms with Crippen molar-refractivity contribution >= 4 is 17.1 Å². The molecular formula is C19H30N4O2. The molecule has 0 saturated carbocycles. The molecule has 2 unspecified atom stereocenters. The van der Waals surface area contributed by atoms with E-state index < -0.39 is 0 Å². The molecule has 6 heteroatoms. The minimum atomic E-state index is -0.238. The first-order valence-corrected chi connectivity index (χ1v) is 8.46. The average Bonchev–Trinajstić information content (AvgIpc) is 2.65. The number of methoxy groups -OCH3 is 1. The molecule has 0 fully saturated rings. The molecule has 2 aromatic rings. The zero-order chi connectivity index (χ0) is 18.8. The van der Waals surface area contributed by atoms with Crippen molar-refractivity contribution in [3.05, 3.63) is 48.0 Å². The number of anilines is 3. The summed E-state index contributed by atoms with van der Waals surface area (Å²) in [5.74, 6) is 5.92. The van der Waals surface area contributed by atoms with E-state index in [1.807, 2.05) is 70.2 Å². The average molecular weight is 346 g/mol.